The molecule has 0 aliphatic carbocycles. The van der Waals surface area contributed by atoms with Gasteiger partial charge < -0.3 is 0 Å². The number of nitrogens with zero attached hydrogens (tertiary/aromatic N) is 1. The largest absolute Gasteiger partial charge is 0.265 e. The summed E-state index contributed by atoms with van der Waals surface area (Å²) in [6.45, 7) is 0. The Kier molecular flexibility index (Phi) is 4.22. The second-order valence-electron chi connectivity index (χ2n) is 4.29. The average Bonchev–Trinajstić information content (AvgIpc) is 2.83. The second-order valence-corrected chi connectivity index (χ2v) is 8.19. The lowest BCUT2D eigenvalue weighted by Gasteiger charge is -2.08. The summed E-state index contributed by atoms with van der Waals surface area (Å²) in [7, 11) is -3.91. The molecule has 0 fully saturated rings. The van der Waals surface area contributed by atoms with Crippen molar-refractivity contribution in [2.75, 3.05) is 4.72 Å². The van der Waals surface area contributed by atoms with Gasteiger partial charge in [-0.05, 0) is 24.3 Å². The molecule has 0 saturated carbocycles. The smallest absolute Gasteiger partial charge is 0.255 e. The van der Waals surface area contributed by atoms with E-state index in [0.29, 0.717) is 5.52 Å². The molecule has 114 valence electrons. The van der Waals surface area contributed by atoms with Crippen LogP contribution in [0.4, 0.5) is 5.13 Å². The Balaban J connectivity index is 2.01. The SMILES string of the molecule is O=S(=O)(Nc1nc2ccccc2s1)c1cc(Cl)c(Cl)cc1Cl. The van der Waals surface area contributed by atoms with Gasteiger partial charge >= 0.3 is 0 Å². The molecular weight excluding hydrogens is 387 g/mol. The number of nitrogens with one attached hydrogen (secondary N) is 1. The van der Waals surface area contributed by atoms with E-state index in [9.17, 15) is 8.42 Å². The lowest BCUT2D eigenvalue weighted by atomic mass is 10.3. The van der Waals surface area contributed by atoms with Gasteiger partial charge in [-0.2, -0.15) is 0 Å². The number of aromatic nitrogens is 1. The van der Waals surface area contributed by atoms with E-state index in [1.54, 1.807) is 6.07 Å². The maximum absolute atomic E-state index is 12.4. The van der Waals surface area contributed by atoms with E-state index in [4.69, 9.17) is 34.8 Å². The number of anilines is 1. The molecule has 1 N–H and O–H groups in total. The molecule has 0 amide bonds. The Morgan fingerprint density at radius 1 is 1.00 bits per heavy atom. The molecule has 4 nitrogen and oxygen atoms in total. The molecule has 1 heterocycles. The van der Waals surface area contributed by atoms with Crippen LogP contribution in [0, 0.1) is 0 Å². The summed E-state index contributed by atoms with van der Waals surface area (Å²) in [4.78, 5) is 4.07. The Hall–Kier alpha value is -1.05. The highest BCUT2D eigenvalue weighted by atomic mass is 35.5. The summed E-state index contributed by atoms with van der Waals surface area (Å²) in [6, 6.07) is 9.84. The molecule has 0 unspecified atom stereocenters. The first-order valence-corrected chi connectivity index (χ1v) is 9.33. The van der Waals surface area contributed by atoms with Crippen LogP contribution in [-0.2, 0) is 10.0 Å². The van der Waals surface area contributed by atoms with Gasteiger partial charge in [-0.1, -0.05) is 58.3 Å². The molecule has 1 aromatic heterocycles. The lowest BCUT2D eigenvalue weighted by Crippen LogP contribution is -2.13. The number of hydrogen-bond donors (Lipinski definition) is 1. The van der Waals surface area contributed by atoms with Crippen molar-refractivity contribution in [1.29, 1.82) is 0 Å². The molecule has 0 aliphatic heterocycles. The fraction of sp³-hybridized carbons (Fsp3) is 0. The van der Waals surface area contributed by atoms with E-state index in [1.165, 1.54) is 23.5 Å². The van der Waals surface area contributed by atoms with Crippen LogP contribution in [0.1, 0.15) is 0 Å². The lowest BCUT2D eigenvalue weighted by molar-refractivity contribution is 0.601. The predicted octanol–water partition coefficient (Wildman–Crippen LogP) is 5.06. The van der Waals surface area contributed by atoms with Crippen LogP contribution in [0.3, 0.4) is 0 Å². The van der Waals surface area contributed by atoms with Gasteiger partial charge in [0.15, 0.2) is 5.13 Å². The first-order chi connectivity index (χ1) is 10.4. The summed E-state index contributed by atoms with van der Waals surface area (Å²) < 4.78 is 28.1. The standard InChI is InChI=1S/C13H7Cl3N2O2S2/c14-7-5-9(16)12(6-8(7)15)22(19,20)18-13-17-10-3-1-2-4-11(10)21-13/h1-6H,(H,17,18). The topological polar surface area (TPSA) is 59.1 Å². The summed E-state index contributed by atoms with van der Waals surface area (Å²) in [5.41, 5.74) is 0.713. The minimum Gasteiger partial charge on any atom is -0.255 e. The second kappa shape index (κ2) is 5.86. The highest BCUT2D eigenvalue weighted by Gasteiger charge is 2.21. The van der Waals surface area contributed by atoms with E-state index in [2.05, 4.69) is 9.71 Å². The van der Waals surface area contributed by atoms with Gasteiger partial charge in [0.2, 0.25) is 0 Å². The van der Waals surface area contributed by atoms with Crippen molar-refractivity contribution in [3.8, 4) is 0 Å². The third-order valence-electron chi connectivity index (χ3n) is 2.78. The predicted molar refractivity (Wildman–Crippen MR) is 91.9 cm³/mol. The number of para-hydroxylation sites is 1. The molecule has 2 aromatic carbocycles. The Morgan fingerprint density at radius 2 is 1.68 bits per heavy atom. The molecule has 0 saturated heterocycles. The van der Waals surface area contributed by atoms with Gasteiger partial charge in [0.1, 0.15) is 4.90 Å². The zero-order valence-corrected chi connectivity index (χ0v) is 14.6. The van der Waals surface area contributed by atoms with Crippen LogP contribution in [0.5, 0.6) is 0 Å². The van der Waals surface area contributed by atoms with Crippen LogP contribution < -0.4 is 4.72 Å². The maximum Gasteiger partial charge on any atom is 0.265 e. The van der Waals surface area contributed by atoms with Crippen LogP contribution in [0.2, 0.25) is 15.1 Å². The quantitative estimate of drug-likeness (QED) is 0.633. The minimum atomic E-state index is -3.91. The fourth-order valence-corrected chi connectivity index (χ4v) is 4.90. The van der Waals surface area contributed by atoms with E-state index < -0.39 is 10.0 Å². The molecule has 0 aliphatic rings. The third-order valence-corrected chi connectivity index (χ3v) is 6.39. The fourth-order valence-electron chi connectivity index (χ4n) is 1.80. The Morgan fingerprint density at radius 3 is 2.41 bits per heavy atom. The molecule has 9 heteroatoms. The number of rotatable bonds is 3. The van der Waals surface area contributed by atoms with E-state index in [0.717, 1.165) is 4.70 Å². The Bertz CT molecular complexity index is 938. The zero-order valence-electron chi connectivity index (χ0n) is 10.7. The van der Waals surface area contributed by atoms with Gasteiger partial charge in [-0.15, -0.1) is 0 Å². The van der Waals surface area contributed by atoms with Crippen molar-refractivity contribution < 1.29 is 8.42 Å². The Labute approximate surface area is 145 Å². The first-order valence-electron chi connectivity index (χ1n) is 5.90. The zero-order chi connectivity index (χ0) is 15.9. The number of sulfonamides is 1. The van der Waals surface area contributed by atoms with Crippen LogP contribution >= 0.6 is 46.1 Å². The molecule has 3 aromatic rings. The van der Waals surface area contributed by atoms with Gasteiger partial charge in [0.25, 0.3) is 10.0 Å². The van der Waals surface area contributed by atoms with Gasteiger partial charge in [-0.3, -0.25) is 4.72 Å². The monoisotopic (exact) mass is 392 g/mol. The number of hydrogen-bond acceptors (Lipinski definition) is 4. The van der Waals surface area contributed by atoms with Crippen molar-refractivity contribution in [2.45, 2.75) is 4.90 Å². The first kappa shape index (κ1) is 15.8. The van der Waals surface area contributed by atoms with E-state index >= 15 is 0 Å². The molecular formula is C13H7Cl3N2O2S2. The van der Waals surface area contributed by atoms with Crippen LogP contribution in [-0.4, -0.2) is 13.4 Å². The van der Waals surface area contributed by atoms with Crippen molar-refractivity contribution in [1.82, 2.24) is 4.98 Å². The van der Waals surface area contributed by atoms with Crippen LogP contribution in [0.15, 0.2) is 41.3 Å². The normalized spacial score (nSPS) is 11.8. The van der Waals surface area contributed by atoms with Crippen LogP contribution in [0.25, 0.3) is 10.2 Å². The molecule has 3 rings (SSSR count). The summed E-state index contributed by atoms with van der Waals surface area (Å²) >= 11 is 18.9. The number of halogens is 3. The summed E-state index contributed by atoms with van der Waals surface area (Å²) in [5.74, 6) is 0. The van der Waals surface area contributed by atoms with E-state index in [-0.39, 0.29) is 25.1 Å². The van der Waals surface area contributed by atoms with Crippen molar-refractivity contribution >= 4 is 71.5 Å². The molecule has 0 bridgehead atoms. The van der Waals surface area contributed by atoms with Gasteiger partial charge in [-0.25, -0.2) is 13.4 Å². The number of benzene rings is 2. The molecule has 0 radical (unpaired) electrons. The minimum absolute atomic E-state index is 0.0111. The van der Waals surface area contributed by atoms with Crippen molar-refractivity contribution in [3.05, 3.63) is 51.5 Å². The highest BCUT2D eigenvalue weighted by molar-refractivity contribution is 7.93. The van der Waals surface area contributed by atoms with Gasteiger partial charge in [0, 0.05) is 0 Å². The molecule has 22 heavy (non-hydrogen) atoms. The third kappa shape index (κ3) is 3.02. The summed E-state index contributed by atoms with van der Waals surface area (Å²) in [6.07, 6.45) is 0. The van der Waals surface area contributed by atoms with Crippen molar-refractivity contribution in [3.63, 3.8) is 0 Å². The number of fused-ring (bicyclic) bond motifs is 1. The van der Waals surface area contributed by atoms with Gasteiger partial charge in [0.05, 0.1) is 25.3 Å². The summed E-state index contributed by atoms with van der Waals surface area (Å²) in [5, 5.41) is 0.535. The van der Waals surface area contributed by atoms with E-state index in [1.807, 2.05) is 18.2 Å². The number of thiazole rings is 1. The molecule has 0 spiro atoms. The average molecular weight is 394 g/mol. The maximum atomic E-state index is 12.4. The molecule has 0 atom stereocenters. The highest BCUT2D eigenvalue weighted by Crippen LogP contribution is 2.33. The van der Waals surface area contributed by atoms with Crippen molar-refractivity contribution in [2.24, 2.45) is 0 Å².